The van der Waals surface area contributed by atoms with Crippen LogP contribution in [0.25, 0.3) is 4.48 Å². The number of hydrogen-bond donors (Lipinski definition) is 0. The van der Waals surface area contributed by atoms with E-state index in [4.69, 9.17) is 0 Å². The van der Waals surface area contributed by atoms with E-state index in [0.717, 1.165) is 7.87 Å². The molecule has 0 bridgehead atoms. The predicted octanol–water partition coefficient (Wildman–Crippen LogP) is 5.11. The molecule has 1 aromatic rings. The third kappa shape index (κ3) is 2.93. The first kappa shape index (κ1) is 11.5. The maximum Gasteiger partial charge on any atom is 0.0752 e. The molecule has 0 amide bonds. The van der Waals surface area contributed by atoms with Gasteiger partial charge in [-0.2, -0.15) is 0 Å². The van der Waals surface area contributed by atoms with Gasteiger partial charge in [-0.05, 0) is 72.8 Å². The van der Waals surface area contributed by atoms with Gasteiger partial charge in [0, 0.05) is 4.48 Å². The van der Waals surface area contributed by atoms with Crippen molar-refractivity contribution in [3.8, 4) is 0 Å². The highest BCUT2D eigenvalue weighted by Crippen LogP contribution is 2.34. The molecule has 0 saturated carbocycles. The minimum absolute atomic E-state index is 0.937. The number of aryl methyl sites for hydroxylation is 2. The SMILES string of the molecule is Cc1ccc(C(Br)=C(Br)Br)c(C)c1. The molecule has 0 fully saturated rings. The minimum atomic E-state index is 0.937. The lowest BCUT2D eigenvalue weighted by Gasteiger charge is -2.05. The summed E-state index contributed by atoms with van der Waals surface area (Å²) in [6, 6.07) is 6.38. The first-order valence-corrected chi connectivity index (χ1v) is 6.18. The summed E-state index contributed by atoms with van der Waals surface area (Å²) in [7, 11) is 0. The summed E-state index contributed by atoms with van der Waals surface area (Å²) in [5.41, 5.74) is 3.75. The Morgan fingerprint density at radius 2 is 1.69 bits per heavy atom. The number of hydrogen-bond acceptors (Lipinski definition) is 0. The Labute approximate surface area is 104 Å². The Hall–Kier alpha value is 0.400. The van der Waals surface area contributed by atoms with E-state index in [1.807, 2.05) is 0 Å². The van der Waals surface area contributed by atoms with Gasteiger partial charge < -0.3 is 0 Å². The van der Waals surface area contributed by atoms with E-state index >= 15 is 0 Å². The summed E-state index contributed by atoms with van der Waals surface area (Å²) in [5, 5.41) is 0. The van der Waals surface area contributed by atoms with Crippen molar-refractivity contribution in [1.82, 2.24) is 0 Å². The summed E-state index contributed by atoms with van der Waals surface area (Å²) in [4.78, 5) is 0. The highest BCUT2D eigenvalue weighted by Gasteiger charge is 2.04. The third-order valence-electron chi connectivity index (χ3n) is 1.78. The number of rotatable bonds is 1. The topological polar surface area (TPSA) is 0 Å². The summed E-state index contributed by atoms with van der Waals surface area (Å²) >= 11 is 10.3. The number of benzene rings is 1. The Morgan fingerprint density at radius 3 is 2.15 bits per heavy atom. The van der Waals surface area contributed by atoms with E-state index in [0.29, 0.717) is 0 Å². The molecule has 0 radical (unpaired) electrons. The van der Waals surface area contributed by atoms with Crippen molar-refractivity contribution in [2.24, 2.45) is 0 Å². The van der Waals surface area contributed by atoms with Crippen LogP contribution in [-0.4, -0.2) is 0 Å². The first-order valence-electron chi connectivity index (χ1n) is 3.80. The zero-order valence-electron chi connectivity index (χ0n) is 7.37. The molecule has 0 nitrogen and oxygen atoms in total. The molecule has 0 unspecified atom stereocenters. The van der Waals surface area contributed by atoms with Gasteiger partial charge in [0.15, 0.2) is 0 Å². The van der Waals surface area contributed by atoms with E-state index in [1.165, 1.54) is 16.7 Å². The van der Waals surface area contributed by atoms with Crippen LogP contribution in [0.4, 0.5) is 0 Å². The Kier molecular flexibility index (Phi) is 4.20. The lowest BCUT2D eigenvalue weighted by Crippen LogP contribution is -1.85. The largest absolute Gasteiger partial charge is 0.0752 e. The van der Waals surface area contributed by atoms with Crippen LogP contribution >= 0.6 is 47.8 Å². The van der Waals surface area contributed by atoms with Gasteiger partial charge in [-0.15, -0.1) is 0 Å². The van der Waals surface area contributed by atoms with Crippen LogP contribution in [0, 0.1) is 13.8 Å². The molecule has 0 aromatic heterocycles. The van der Waals surface area contributed by atoms with E-state index in [2.05, 4.69) is 79.8 Å². The highest BCUT2D eigenvalue weighted by molar-refractivity contribution is 9.29. The van der Waals surface area contributed by atoms with Gasteiger partial charge in [-0.25, -0.2) is 0 Å². The van der Waals surface area contributed by atoms with Crippen LogP contribution in [0.3, 0.4) is 0 Å². The van der Waals surface area contributed by atoms with Crippen molar-refractivity contribution < 1.29 is 0 Å². The molecule has 0 heterocycles. The molecule has 70 valence electrons. The molecular formula is C10H9Br3. The molecule has 0 atom stereocenters. The maximum absolute atomic E-state index is 3.51. The van der Waals surface area contributed by atoms with Gasteiger partial charge in [0.05, 0.1) is 3.39 Å². The smallest absolute Gasteiger partial charge is 0.0587 e. The van der Waals surface area contributed by atoms with Crippen LogP contribution in [0.2, 0.25) is 0 Å². The summed E-state index contributed by atoms with van der Waals surface area (Å²) in [6.07, 6.45) is 0. The molecule has 1 aromatic carbocycles. The molecule has 13 heavy (non-hydrogen) atoms. The Balaban J connectivity index is 3.25. The van der Waals surface area contributed by atoms with Crippen molar-refractivity contribution in [1.29, 1.82) is 0 Å². The van der Waals surface area contributed by atoms with Gasteiger partial charge in [-0.3, -0.25) is 0 Å². The molecule has 0 aliphatic carbocycles. The van der Waals surface area contributed by atoms with E-state index in [9.17, 15) is 0 Å². The lowest BCUT2D eigenvalue weighted by molar-refractivity contribution is 1.37. The fourth-order valence-electron chi connectivity index (χ4n) is 1.16. The van der Waals surface area contributed by atoms with Crippen molar-refractivity contribution in [3.05, 3.63) is 38.3 Å². The molecular weight excluding hydrogens is 360 g/mol. The van der Waals surface area contributed by atoms with Crippen molar-refractivity contribution in [2.45, 2.75) is 13.8 Å². The van der Waals surface area contributed by atoms with Gasteiger partial charge >= 0.3 is 0 Å². The van der Waals surface area contributed by atoms with Gasteiger partial charge in [-0.1, -0.05) is 23.8 Å². The maximum atomic E-state index is 3.51. The second-order valence-corrected chi connectivity index (χ2v) is 6.34. The van der Waals surface area contributed by atoms with Crippen molar-refractivity contribution >= 4 is 52.3 Å². The minimum Gasteiger partial charge on any atom is -0.0587 e. The van der Waals surface area contributed by atoms with Crippen molar-refractivity contribution in [2.75, 3.05) is 0 Å². The Morgan fingerprint density at radius 1 is 1.08 bits per heavy atom. The van der Waals surface area contributed by atoms with Crippen LogP contribution in [0.1, 0.15) is 16.7 Å². The fourth-order valence-corrected chi connectivity index (χ4v) is 2.03. The average molecular weight is 369 g/mol. The predicted molar refractivity (Wildman–Crippen MR) is 69.6 cm³/mol. The van der Waals surface area contributed by atoms with Crippen LogP contribution in [0.15, 0.2) is 21.6 Å². The average Bonchev–Trinajstić information content (AvgIpc) is 2.03. The second-order valence-electron chi connectivity index (χ2n) is 2.89. The Bertz CT molecular complexity index is 349. The normalized spacial score (nSPS) is 9.92. The van der Waals surface area contributed by atoms with Crippen molar-refractivity contribution in [3.63, 3.8) is 0 Å². The summed E-state index contributed by atoms with van der Waals surface area (Å²) in [5.74, 6) is 0. The highest BCUT2D eigenvalue weighted by atomic mass is 79.9. The number of halogens is 3. The zero-order chi connectivity index (χ0) is 10.0. The van der Waals surface area contributed by atoms with Crippen LogP contribution in [-0.2, 0) is 0 Å². The summed E-state index contributed by atoms with van der Waals surface area (Å²) < 4.78 is 1.98. The molecule has 0 spiro atoms. The monoisotopic (exact) mass is 366 g/mol. The van der Waals surface area contributed by atoms with E-state index in [-0.39, 0.29) is 0 Å². The molecule has 3 heteroatoms. The third-order valence-corrected chi connectivity index (χ3v) is 4.47. The summed E-state index contributed by atoms with van der Waals surface area (Å²) in [6.45, 7) is 4.20. The standard InChI is InChI=1S/C10H9Br3/c1-6-3-4-8(7(2)5-6)9(11)10(12)13/h3-5H,1-2H3. The molecule has 1 rings (SSSR count). The van der Waals surface area contributed by atoms with Gasteiger partial charge in [0.2, 0.25) is 0 Å². The molecule has 0 aliphatic heterocycles. The molecule has 0 N–H and O–H groups in total. The van der Waals surface area contributed by atoms with E-state index < -0.39 is 0 Å². The van der Waals surface area contributed by atoms with Gasteiger partial charge in [0.1, 0.15) is 0 Å². The van der Waals surface area contributed by atoms with Gasteiger partial charge in [0.25, 0.3) is 0 Å². The second kappa shape index (κ2) is 4.76. The molecule has 0 saturated heterocycles. The zero-order valence-corrected chi connectivity index (χ0v) is 12.1. The van der Waals surface area contributed by atoms with Crippen LogP contribution < -0.4 is 0 Å². The molecule has 0 aliphatic rings. The van der Waals surface area contributed by atoms with E-state index in [1.54, 1.807) is 0 Å². The van der Waals surface area contributed by atoms with Crippen LogP contribution in [0.5, 0.6) is 0 Å². The first-order chi connectivity index (χ1) is 6.02. The lowest BCUT2D eigenvalue weighted by atomic mass is 10.1. The fraction of sp³-hybridized carbons (Fsp3) is 0.200. The quantitative estimate of drug-likeness (QED) is 0.645.